The van der Waals surface area contributed by atoms with Crippen LogP contribution in [0.4, 0.5) is 0 Å². The van der Waals surface area contributed by atoms with Gasteiger partial charge >= 0.3 is 0 Å². The lowest BCUT2D eigenvalue weighted by atomic mass is 9.83. The van der Waals surface area contributed by atoms with Crippen molar-refractivity contribution in [1.29, 1.82) is 0 Å². The standard InChI is InChI=1S/C21H34N4O2/c1-3-22-20(25-17-21(13-14-27-2)11-7-8-12-21)24-16-19(26)23-15-18-9-5-4-6-10-18/h4-6,9-10H,3,7-8,11-17H2,1-2H3,(H,23,26)(H2,22,24,25). The molecular formula is C21H34N4O2. The summed E-state index contributed by atoms with van der Waals surface area (Å²) in [7, 11) is 1.76. The smallest absolute Gasteiger partial charge is 0.242 e. The lowest BCUT2D eigenvalue weighted by molar-refractivity contribution is -0.119. The first kappa shape index (κ1) is 21.2. The van der Waals surface area contributed by atoms with Gasteiger partial charge in [0.2, 0.25) is 5.91 Å². The van der Waals surface area contributed by atoms with Crippen LogP contribution in [-0.2, 0) is 16.1 Å². The Hall–Kier alpha value is -2.08. The summed E-state index contributed by atoms with van der Waals surface area (Å²) < 4.78 is 5.30. The van der Waals surface area contributed by atoms with E-state index in [-0.39, 0.29) is 17.9 Å². The Labute approximate surface area is 163 Å². The van der Waals surface area contributed by atoms with Crippen LogP contribution in [0.15, 0.2) is 35.3 Å². The van der Waals surface area contributed by atoms with E-state index in [1.807, 2.05) is 37.3 Å². The molecule has 0 heterocycles. The Morgan fingerprint density at radius 1 is 1.15 bits per heavy atom. The first-order chi connectivity index (χ1) is 13.2. The number of amides is 1. The SMILES string of the molecule is CCNC(=NCC(=O)NCc1ccccc1)NCC1(CCOC)CCCC1. The summed E-state index contributed by atoms with van der Waals surface area (Å²) in [6.07, 6.45) is 6.07. The molecule has 1 aliphatic rings. The zero-order valence-electron chi connectivity index (χ0n) is 16.7. The maximum atomic E-state index is 12.1. The summed E-state index contributed by atoms with van der Waals surface area (Å²) in [6, 6.07) is 9.89. The van der Waals surface area contributed by atoms with Gasteiger partial charge in [0.25, 0.3) is 0 Å². The molecule has 0 bridgehead atoms. The maximum Gasteiger partial charge on any atom is 0.242 e. The highest BCUT2D eigenvalue weighted by molar-refractivity contribution is 5.84. The first-order valence-electron chi connectivity index (χ1n) is 9.99. The number of hydrogen-bond donors (Lipinski definition) is 3. The molecule has 27 heavy (non-hydrogen) atoms. The molecule has 1 fully saturated rings. The van der Waals surface area contributed by atoms with Gasteiger partial charge in [0.05, 0.1) is 0 Å². The molecule has 0 unspecified atom stereocenters. The number of nitrogens with one attached hydrogen (secondary N) is 3. The molecule has 150 valence electrons. The van der Waals surface area contributed by atoms with Crippen molar-refractivity contribution in [3.63, 3.8) is 0 Å². The van der Waals surface area contributed by atoms with Crippen LogP contribution in [0.25, 0.3) is 0 Å². The van der Waals surface area contributed by atoms with E-state index in [2.05, 4.69) is 20.9 Å². The maximum absolute atomic E-state index is 12.1. The highest BCUT2D eigenvalue weighted by Crippen LogP contribution is 2.40. The van der Waals surface area contributed by atoms with Crippen LogP contribution in [0.3, 0.4) is 0 Å². The zero-order chi connectivity index (χ0) is 19.4. The van der Waals surface area contributed by atoms with Gasteiger partial charge in [-0.15, -0.1) is 0 Å². The molecule has 3 N–H and O–H groups in total. The van der Waals surface area contributed by atoms with E-state index in [0.717, 1.165) is 31.7 Å². The van der Waals surface area contributed by atoms with Crippen molar-refractivity contribution in [2.75, 3.05) is 33.4 Å². The predicted molar refractivity (Wildman–Crippen MR) is 110 cm³/mol. The van der Waals surface area contributed by atoms with Crippen molar-refractivity contribution in [2.45, 2.75) is 45.6 Å². The summed E-state index contributed by atoms with van der Waals surface area (Å²) in [5.41, 5.74) is 1.36. The van der Waals surface area contributed by atoms with Crippen molar-refractivity contribution in [3.8, 4) is 0 Å². The van der Waals surface area contributed by atoms with Crippen molar-refractivity contribution < 1.29 is 9.53 Å². The molecule has 0 atom stereocenters. The number of nitrogens with zero attached hydrogens (tertiary/aromatic N) is 1. The van der Waals surface area contributed by atoms with Gasteiger partial charge in [-0.1, -0.05) is 43.2 Å². The number of guanidine groups is 1. The fraction of sp³-hybridized carbons (Fsp3) is 0.619. The van der Waals surface area contributed by atoms with E-state index in [9.17, 15) is 4.79 Å². The van der Waals surface area contributed by atoms with E-state index in [0.29, 0.717) is 12.5 Å². The normalized spacial score (nSPS) is 16.1. The lowest BCUT2D eigenvalue weighted by Gasteiger charge is -2.30. The van der Waals surface area contributed by atoms with Crippen LogP contribution < -0.4 is 16.0 Å². The molecule has 6 heteroatoms. The average molecular weight is 375 g/mol. The summed E-state index contributed by atoms with van der Waals surface area (Å²) >= 11 is 0. The Balaban J connectivity index is 1.82. The van der Waals surface area contributed by atoms with Gasteiger partial charge in [0.15, 0.2) is 5.96 Å². The summed E-state index contributed by atoms with van der Waals surface area (Å²) in [5.74, 6) is 0.627. The first-order valence-corrected chi connectivity index (χ1v) is 9.99. The van der Waals surface area contributed by atoms with Crippen LogP contribution in [0.2, 0.25) is 0 Å². The molecule has 1 aromatic carbocycles. The van der Waals surface area contributed by atoms with Gasteiger partial charge in [0, 0.05) is 33.4 Å². The molecule has 2 rings (SSSR count). The van der Waals surface area contributed by atoms with Crippen LogP contribution in [0.1, 0.15) is 44.6 Å². The number of carbonyl (C=O) groups is 1. The molecule has 0 radical (unpaired) electrons. The third-order valence-corrected chi connectivity index (χ3v) is 5.19. The Morgan fingerprint density at radius 2 is 1.89 bits per heavy atom. The number of hydrogen-bond acceptors (Lipinski definition) is 3. The number of rotatable bonds is 10. The second-order valence-corrected chi connectivity index (χ2v) is 7.26. The molecular weight excluding hydrogens is 340 g/mol. The fourth-order valence-electron chi connectivity index (χ4n) is 3.57. The van der Waals surface area contributed by atoms with Gasteiger partial charge in [-0.3, -0.25) is 4.79 Å². The molecule has 1 aromatic rings. The monoisotopic (exact) mass is 374 g/mol. The number of carbonyl (C=O) groups excluding carboxylic acids is 1. The minimum absolute atomic E-state index is 0.0778. The van der Waals surface area contributed by atoms with Crippen LogP contribution in [0.5, 0.6) is 0 Å². The fourth-order valence-corrected chi connectivity index (χ4v) is 3.57. The molecule has 1 aliphatic carbocycles. The van der Waals surface area contributed by atoms with Crippen LogP contribution >= 0.6 is 0 Å². The van der Waals surface area contributed by atoms with Crippen molar-refractivity contribution in [3.05, 3.63) is 35.9 Å². The predicted octanol–water partition coefficient (Wildman–Crippen LogP) is 2.45. The third-order valence-electron chi connectivity index (χ3n) is 5.19. The van der Waals surface area contributed by atoms with Gasteiger partial charge < -0.3 is 20.7 Å². The minimum Gasteiger partial charge on any atom is -0.385 e. The third kappa shape index (κ3) is 7.59. The molecule has 1 amide bonds. The molecule has 0 saturated heterocycles. The second kappa shape index (κ2) is 11.6. The van der Waals surface area contributed by atoms with Gasteiger partial charge in [-0.05, 0) is 37.2 Å². The van der Waals surface area contributed by atoms with Crippen molar-refractivity contribution in [1.82, 2.24) is 16.0 Å². The Bertz CT molecular complexity index is 583. The minimum atomic E-state index is -0.0778. The van der Waals surface area contributed by atoms with Gasteiger partial charge in [-0.25, -0.2) is 4.99 Å². The molecule has 0 aliphatic heterocycles. The topological polar surface area (TPSA) is 74.8 Å². The number of methoxy groups -OCH3 is 1. The highest BCUT2D eigenvalue weighted by atomic mass is 16.5. The molecule has 0 spiro atoms. The van der Waals surface area contributed by atoms with Gasteiger partial charge in [-0.2, -0.15) is 0 Å². The largest absolute Gasteiger partial charge is 0.385 e. The number of ether oxygens (including phenoxy) is 1. The van der Waals surface area contributed by atoms with Gasteiger partial charge in [0.1, 0.15) is 6.54 Å². The van der Waals surface area contributed by atoms with Crippen LogP contribution in [-0.4, -0.2) is 45.2 Å². The van der Waals surface area contributed by atoms with E-state index >= 15 is 0 Å². The van der Waals surface area contributed by atoms with Crippen molar-refractivity contribution >= 4 is 11.9 Å². The van der Waals surface area contributed by atoms with E-state index in [1.54, 1.807) is 7.11 Å². The number of aliphatic imine (C=N–C) groups is 1. The van der Waals surface area contributed by atoms with Crippen LogP contribution in [0, 0.1) is 5.41 Å². The summed E-state index contributed by atoms with van der Waals surface area (Å²) in [6.45, 7) is 5.10. The highest BCUT2D eigenvalue weighted by Gasteiger charge is 2.33. The van der Waals surface area contributed by atoms with Crippen molar-refractivity contribution in [2.24, 2.45) is 10.4 Å². The van der Waals surface area contributed by atoms with E-state index < -0.39 is 0 Å². The summed E-state index contributed by atoms with van der Waals surface area (Å²) in [5, 5.41) is 9.59. The second-order valence-electron chi connectivity index (χ2n) is 7.26. The Kier molecular flexibility index (Phi) is 9.11. The molecule has 1 saturated carbocycles. The quantitative estimate of drug-likeness (QED) is 0.434. The summed E-state index contributed by atoms with van der Waals surface area (Å²) in [4.78, 5) is 16.5. The number of benzene rings is 1. The molecule has 6 nitrogen and oxygen atoms in total. The lowest BCUT2D eigenvalue weighted by Crippen LogP contribution is -2.44. The molecule has 0 aromatic heterocycles. The zero-order valence-corrected chi connectivity index (χ0v) is 16.7. The van der Waals surface area contributed by atoms with E-state index in [1.165, 1.54) is 25.7 Å². The average Bonchev–Trinajstić information content (AvgIpc) is 3.17. The Morgan fingerprint density at radius 3 is 2.56 bits per heavy atom. The van der Waals surface area contributed by atoms with E-state index in [4.69, 9.17) is 4.74 Å².